The fourth-order valence-electron chi connectivity index (χ4n) is 2.46. The number of carbonyl (C=O) groups excluding carboxylic acids is 1. The molecule has 0 saturated carbocycles. The summed E-state index contributed by atoms with van der Waals surface area (Å²) in [5, 5.41) is 12.8. The van der Waals surface area contributed by atoms with E-state index in [2.05, 4.69) is 19.2 Å². The molecule has 1 atom stereocenters. The Kier molecular flexibility index (Phi) is 6.23. The van der Waals surface area contributed by atoms with E-state index in [1.165, 1.54) is 0 Å². The zero-order valence-corrected chi connectivity index (χ0v) is 14.7. The summed E-state index contributed by atoms with van der Waals surface area (Å²) in [6.45, 7) is 8.74. The Balaban J connectivity index is 2.17. The highest BCUT2D eigenvalue weighted by atomic mass is 16.5. The van der Waals surface area contributed by atoms with E-state index in [9.17, 15) is 9.90 Å². The molecule has 1 aromatic carbocycles. The van der Waals surface area contributed by atoms with Gasteiger partial charge >= 0.3 is 5.97 Å². The van der Waals surface area contributed by atoms with Gasteiger partial charge in [0, 0.05) is 5.56 Å². The second kappa shape index (κ2) is 8.17. The fourth-order valence-corrected chi connectivity index (χ4v) is 2.46. The molecular weight excluding hydrogens is 310 g/mol. The van der Waals surface area contributed by atoms with Crippen molar-refractivity contribution in [3.8, 4) is 5.75 Å². The van der Waals surface area contributed by atoms with E-state index in [0.29, 0.717) is 29.5 Å². The maximum atomic E-state index is 12.0. The molecule has 0 fully saturated rings. The smallest absolute Gasteiger partial charge is 0.374 e. The van der Waals surface area contributed by atoms with Crippen LogP contribution in [-0.4, -0.2) is 43.0 Å². The van der Waals surface area contributed by atoms with Gasteiger partial charge in [0.05, 0.1) is 18.0 Å². The van der Waals surface area contributed by atoms with Crippen molar-refractivity contribution in [1.29, 1.82) is 0 Å². The van der Waals surface area contributed by atoms with Crippen molar-refractivity contribution in [3.63, 3.8) is 0 Å². The Morgan fingerprint density at radius 1 is 1.38 bits per heavy atom. The maximum absolute atomic E-state index is 12.0. The number of hydrogen-bond acceptors (Lipinski definition) is 5. The highest BCUT2D eigenvalue weighted by molar-refractivity contribution is 5.98. The summed E-state index contributed by atoms with van der Waals surface area (Å²) in [5.41, 5.74) is 1.25. The number of ether oxygens (including phenoxy) is 2. The Morgan fingerprint density at radius 3 is 2.79 bits per heavy atom. The monoisotopic (exact) mass is 336 g/mol. The number of furan rings is 1. The Labute approximate surface area is 141 Å². The molecular formula is C18H26NO5+. The van der Waals surface area contributed by atoms with Crippen molar-refractivity contribution in [1.82, 2.24) is 0 Å². The molecule has 1 aromatic heterocycles. The predicted molar refractivity (Wildman–Crippen MR) is 90.3 cm³/mol. The number of esters is 1. The van der Waals surface area contributed by atoms with Gasteiger partial charge < -0.3 is 24.3 Å². The molecule has 132 valence electrons. The lowest BCUT2D eigenvalue weighted by atomic mass is 10.1. The molecule has 0 unspecified atom stereocenters. The molecule has 24 heavy (non-hydrogen) atoms. The Hall–Kier alpha value is -2.05. The van der Waals surface area contributed by atoms with Gasteiger partial charge in [0.15, 0.2) is 0 Å². The number of hydrogen-bond donors (Lipinski definition) is 2. The van der Waals surface area contributed by atoms with Gasteiger partial charge in [-0.15, -0.1) is 0 Å². The standard InChI is InChI=1S/C18H25NO5/c1-5-22-18(21)17-12(4)16-14(7-6-8-15(16)24-17)23-10-13(20)9-19-11(2)3/h6-8,11,13,19-20H,5,9-10H2,1-4H3/p+1/t13-/m1/s1. The molecule has 6 nitrogen and oxygen atoms in total. The average Bonchev–Trinajstić information content (AvgIpc) is 2.89. The third-order valence-electron chi connectivity index (χ3n) is 3.69. The van der Waals surface area contributed by atoms with Crippen LogP contribution in [0.5, 0.6) is 5.75 Å². The Bertz CT molecular complexity index is 692. The number of aliphatic hydroxyl groups is 1. The Morgan fingerprint density at radius 2 is 2.12 bits per heavy atom. The second-order valence-electron chi connectivity index (χ2n) is 6.09. The van der Waals surface area contributed by atoms with Gasteiger partial charge in [-0.25, -0.2) is 4.79 Å². The number of aliphatic hydroxyl groups excluding tert-OH is 1. The normalized spacial score (nSPS) is 12.6. The van der Waals surface area contributed by atoms with Gasteiger partial charge in [0.1, 0.15) is 30.6 Å². The third kappa shape index (κ3) is 4.27. The minimum atomic E-state index is -0.570. The van der Waals surface area contributed by atoms with Crippen LogP contribution >= 0.6 is 0 Å². The number of benzene rings is 1. The first-order chi connectivity index (χ1) is 11.4. The molecule has 0 bridgehead atoms. The first-order valence-corrected chi connectivity index (χ1v) is 8.27. The van der Waals surface area contributed by atoms with Gasteiger partial charge in [-0.3, -0.25) is 0 Å². The topological polar surface area (TPSA) is 85.5 Å². The lowest BCUT2D eigenvalue weighted by Crippen LogP contribution is -2.90. The second-order valence-corrected chi connectivity index (χ2v) is 6.09. The lowest BCUT2D eigenvalue weighted by Gasteiger charge is -2.13. The lowest BCUT2D eigenvalue weighted by molar-refractivity contribution is -0.688. The van der Waals surface area contributed by atoms with Crippen molar-refractivity contribution < 1.29 is 29.1 Å². The molecule has 0 amide bonds. The first-order valence-electron chi connectivity index (χ1n) is 8.27. The summed E-state index contributed by atoms with van der Waals surface area (Å²) >= 11 is 0. The molecule has 2 rings (SSSR count). The number of nitrogens with two attached hydrogens (primary N) is 1. The van der Waals surface area contributed by atoms with E-state index in [4.69, 9.17) is 13.9 Å². The molecule has 0 spiro atoms. The number of quaternary nitrogens is 1. The average molecular weight is 336 g/mol. The third-order valence-corrected chi connectivity index (χ3v) is 3.69. The van der Waals surface area contributed by atoms with E-state index in [-0.39, 0.29) is 19.0 Å². The summed E-state index contributed by atoms with van der Waals surface area (Å²) in [5.74, 6) is 0.299. The van der Waals surface area contributed by atoms with Crippen molar-refractivity contribution in [2.24, 2.45) is 0 Å². The van der Waals surface area contributed by atoms with Gasteiger partial charge in [-0.05, 0) is 39.8 Å². The summed E-state index contributed by atoms with van der Waals surface area (Å²) in [7, 11) is 0. The highest BCUT2D eigenvalue weighted by Crippen LogP contribution is 2.33. The largest absolute Gasteiger partial charge is 0.490 e. The fraction of sp³-hybridized carbons (Fsp3) is 0.500. The quantitative estimate of drug-likeness (QED) is 0.716. The summed E-state index contributed by atoms with van der Waals surface area (Å²) in [4.78, 5) is 12.0. The van der Waals surface area contributed by atoms with Crippen LogP contribution in [0.3, 0.4) is 0 Å². The van der Waals surface area contributed by atoms with Crippen LogP contribution in [0.4, 0.5) is 0 Å². The molecule has 0 aliphatic carbocycles. The van der Waals surface area contributed by atoms with Crippen molar-refractivity contribution in [2.45, 2.75) is 39.8 Å². The van der Waals surface area contributed by atoms with Crippen LogP contribution in [0.2, 0.25) is 0 Å². The molecule has 2 aromatic rings. The van der Waals surface area contributed by atoms with E-state index in [1.807, 2.05) is 0 Å². The number of rotatable bonds is 8. The molecule has 0 saturated heterocycles. The van der Waals surface area contributed by atoms with Crippen LogP contribution in [0.25, 0.3) is 11.0 Å². The molecule has 6 heteroatoms. The van der Waals surface area contributed by atoms with Gasteiger partial charge in [-0.1, -0.05) is 6.07 Å². The van der Waals surface area contributed by atoms with Crippen LogP contribution < -0.4 is 10.1 Å². The SMILES string of the molecule is CCOC(=O)c1oc2cccc(OC[C@H](O)C[NH2+]C(C)C)c2c1C. The molecule has 0 aliphatic heterocycles. The maximum Gasteiger partial charge on any atom is 0.374 e. The zero-order chi connectivity index (χ0) is 17.7. The van der Waals surface area contributed by atoms with Crippen LogP contribution in [-0.2, 0) is 4.74 Å². The summed E-state index contributed by atoms with van der Waals surface area (Å²) in [6, 6.07) is 5.80. The zero-order valence-electron chi connectivity index (χ0n) is 14.7. The van der Waals surface area contributed by atoms with Gasteiger partial charge in [0.25, 0.3) is 0 Å². The highest BCUT2D eigenvalue weighted by Gasteiger charge is 2.21. The van der Waals surface area contributed by atoms with Gasteiger partial charge in [0.2, 0.25) is 5.76 Å². The van der Waals surface area contributed by atoms with E-state index in [1.54, 1.807) is 32.0 Å². The van der Waals surface area contributed by atoms with E-state index < -0.39 is 12.1 Å². The number of aryl methyl sites for hydroxylation is 1. The van der Waals surface area contributed by atoms with Crippen molar-refractivity contribution in [3.05, 3.63) is 29.5 Å². The summed E-state index contributed by atoms with van der Waals surface area (Å²) < 4.78 is 16.4. The van der Waals surface area contributed by atoms with Gasteiger partial charge in [-0.2, -0.15) is 0 Å². The molecule has 0 radical (unpaired) electrons. The molecule has 0 aliphatic rings. The molecule has 1 heterocycles. The van der Waals surface area contributed by atoms with Crippen LogP contribution in [0, 0.1) is 6.92 Å². The summed E-state index contributed by atoms with van der Waals surface area (Å²) in [6.07, 6.45) is -0.570. The van der Waals surface area contributed by atoms with Crippen LogP contribution in [0.1, 0.15) is 36.9 Å². The van der Waals surface area contributed by atoms with E-state index in [0.717, 1.165) is 5.39 Å². The van der Waals surface area contributed by atoms with Crippen molar-refractivity contribution in [2.75, 3.05) is 19.8 Å². The van der Waals surface area contributed by atoms with Crippen LogP contribution in [0.15, 0.2) is 22.6 Å². The minimum Gasteiger partial charge on any atom is -0.490 e. The minimum absolute atomic E-state index is 0.182. The first kappa shape index (κ1) is 18.3. The molecule has 3 N–H and O–H groups in total. The van der Waals surface area contributed by atoms with E-state index >= 15 is 0 Å². The van der Waals surface area contributed by atoms with Crippen molar-refractivity contribution >= 4 is 16.9 Å². The predicted octanol–water partition coefficient (Wildman–Crippen LogP) is 1.63. The number of carbonyl (C=O) groups is 1. The number of fused-ring (bicyclic) bond motifs is 1.